The van der Waals surface area contributed by atoms with Crippen molar-refractivity contribution in [2.75, 3.05) is 13.2 Å². The van der Waals surface area contributed by atoms with E-state index in [1.807, 2.05) is 24.3 Å². The number of nitro groups is 1. The first-order valence-corrected chi connectivity index (χ1v) is 7.58. The van der Waals surface area contributed by atoms with Crippen LogP contribution in [0.5, 0.6) is 11.5 Å². The molecule has 25 heavy (non-hydrogen) atoms. The van der Waals surface area contributed by atoms with Gasteiger partial charge in [-0.1, -0.05) is 12.1 Å². The zero-order chi connectivity index (χ0) is 17.6. The van der Waals surface area contributed by atoms with Crippen molar-refractivity contribution in [2.45, 2.75) is 6.42 Å². The molecule has 0 spiro atoms. The maximum absolute atomic E-state index is 11.9. The van der Waals surface area contributed by atoms with Gasteiger partial charge in [0, 0.05) is 24.1 Å². The maximum Gasteiger partial charge on any atom is 0.277 e. The van der Waals surface area contributed by atoms with Gasteiger partial charge in [0.15, 0.2) is 6.61 Å². The summed E-state index contributed by atoms with van der Waals surface area (Å²) < 4.78 is 10.8. The van der Waals surface area contributed by atoms with Crippen LogP contribution in [0.15, 0.2) is 53.6 Å². The zero-order valence-electron chi connectivity index (χ0n) is 13.2. The molecule has 1 amide bonds. The van der Waals surface area contributed by atoms with Crippen molar-refractivity contribution in [2.24, 2.45) is 5.10 Å². The monoisotopic (exact) mass is 341 g/mol. The predicted octanol–water partition coefficient (Wildman–Crippen LogP) is 2.28. The largest absolute Gasteiger partial charge is 0.492 e. The highest BCUT2D eigenvalue weighted by atomic mass is 16.6. The van der Waals surface area contributed by atoms with E-state index < -0.39 is 10.8 Å². The number of carbonyl (C=O) groups is 1. The van der Waals surface area contributed by atoms with Crippen molar-refractivity contribution < 1.29 is 19.2 Å². The highest BCUT2D eigenvalue weighted by Gasteiger charge is 2.16. The predicted molar refractivity (Wildman–Crippen MR) is 89.8 cm³/mol. The molecule has 8 heteroatoms. The normalized spacial score (nSPS) is 14.3. The van der Waals surface area contributed by atoms with Crippen LogP contribution in [-0.4, -0.2) is 29.8 Å². The molecule has 1 aliphatic heterocycles. The number of hydrogen-bond acceptors (Lipinski definition) is 6. The number of benzene rings is 2. The van der Waals surface area contributed by atoms with E-state index in [1.54, 1.807) is 0 Å². The molecule has 0 saturated carbocycles. The van der Waals surface area contributed by atoms with Gasteiger partial charge in [-0.15, -0.1) is 0 Å². The fourth-order valence-corrected chi connectivity index (χ4v) is 2.31. The summed E-state index contributed by atoms with van der Waals surface area (Å²) in [6.07, 6.45) is 0.598. The first kappa shape index (κ1) is 16.4. The Bertz CT molecular complexity index is 817. The summed E-state index contributed by atoms with van der Waals surface area (Å²) in [6, 6.07) is 13.0. The lowest BCUT2D eigenvalue weighted by molar-refractivity contribution is -0.384. The number of rotatable bonds is 5. The fourth-order valence-electron chi connectivity index (χ4n) is 2.31. The first-order chi connectivity index (χ1) is 12.1. The number of hydrazone groups is 1. The number of para-hydroxylation sites is 1. The SMILES string of the molecule is O=C(COc1ccc([N+](=O)[O-])cc1)N/N=C1\CCOc2ccccc21. The average Bonchev–Trinajstić information content (AvgIpc) is 2.65. The summed E-state index contributed by atoms with van der Waals surface area (Å²) in [4.78, 5) is 21.9. The Labute approximate surface area is 143 Å². The molecule has 0 unspecified atom stereocenters. The lowest BCUT2D eigenvalue weighted by Crippen LogP contribution is -2.27. The molecule has 128 valence electrons. The Morgan fingerprint density at radius 3 is 2.76 bits per heavy atom. The number of carbonyl (C=O) groups excluding carboxylic acids is 1. The van der Waals surface area contributed by atoms with Gasteiger partial charge in [0.1, 0.15) is 11.5 Å². The lowest BCUT2D eigenvalue weighted by Gasteiger charge is -2.18. The number of nitrogens with zero attached hydrogens (tertiary/aromatic N) is 2. The molecular formula is C17H15N3O5. The number of hydrogen-bond donors (Lipinski definition) is 1. The molecule has 0 radical (unpaired) electrons. The number of nitrogens with one attached hydrogen (secondary N) is 1. The molecule has 1 aliphatic rings. The minimum absolute atomic E-state index is 0.0404. The number of nitro benzene ring substituents is 1. The molecule has 3 rings (SSSR count). The van der Waals surface area contributed by atoms with Crippen LogP contribution in [0.1, 0.15) is 12.0 Å². The first-order valence-electron chi connectivity index (χ1n) is 7.58. The number of fused-ring (bicyclic) bond motifs is 1. The van der Waals surface area contributed by atoms with Crippen molar-refractivity contribution in [1.29, 1.82) is 0 Å². The van der Waals surface area contributed by atoms with Crippen LogP contribution in [0.4, 0.5) is 5.69 Å². The Balaban J connectivity index is 1.56. The van der Waals surface area contributed by atoms with E-state index in [4.69, 9.17) is 9.47 Å². The van der Waals surface area contributed by atoms with Gasteiger partial charge in [-0.05, 0) is 24.3 Å². The van der Waals surface area contributed by atoms with Gasteiger partial charge in [0.05, 0.1) is 17.2 Å². The van der Waals surface area contributed by atoms with Crippen LogP contribution in [0, 0.1) is 10.1 Å². The fraction of sp³-hybridized carbons (Fsp3) is 0.176. The summed E-state index contributed by atoms with van der Waals surface area (Å²) in [5.74, 6) is 0.684. The van der Waals surface area contributed by atoms with Crippen LogP contribution in [0.2, 0.25) is 0 Å². The Hall–Kier alpha value is -3.42. The smallest absolute Gasteiger partial charge is 0.277 e. The molecule has 0 saturated heterocycles. The second kappa shape index (κ2) is 7.43. The maximum atomic E-state index is 11.9. The highest BCUT2D eigenvalue weighted by molar-refractivity contribution is 6.04. The van der Waals surface area contributed by atoms with Gasteiger partial charge in [-0.25, -0.2) is 5.43 Å². The minimum Gasteiger partial charge on any atom is -0.492 e. The molecule has 0 aliphatic carbocycles. The third kappa shape index (κ3) is 4.11. The summed E-state index contributed by atoms with van der Waals surface area (Å²) in [7, 11) is 0. The Kier molecular flexibility index (Phi) is 4.89. The molecule has 0 atom stereocenters. The van der Waals surface area contributed by atoms with Crippen LogP contribution in [0.25, 0.3) is 0 Å². The number of ether oxygens (including phenoxy) is 2. The van der Waals surface area contributed by atoms with Crippen LogP contribution >= 0.6 is 0 Å². The Morgan fingerprint density at radius 1 is 1.24 bits per heavy atom. The number of amides is 1. The van der Waals surface area contributed by atoms with E-state index in [0.717, 1.165) is 17.0 Å². The highest BCUT2D eigenvalue weighted by Crippen LogP contribution is 2.24. The van der Waals surface area contributed by atoms with E-state index >= 15 is 0 Å². The van der Waals surface area contributed by atoms with Crippen molar-refractivity contribution in [3.63, 3.8) is 0 Å². The molecule has 1 N–H and O–H groups in total. The molecule has 8 nitrogen and oxygen atoms in total. The van der Waals surface area contributed by atoms with E-state index in [-0.39, 0.29) is 12.3 Å². The van der Waals surface area contributed by atoms with Gasteiger partial charge < -0.3 is 9.47 Å². The van der Waals surface area contributed by atoms with Crippen molar-refractivity contribution in [3.05, 3.63) is 64.2 Å². The Morgan fingerprint density at radius 2 is 2.00 bits per heavy atom. The van der Waals surface area contributed by atoms with E-state index in [2.05, 4.69) is 10.5 Å². The molecule has 1 heterocycles. The van der Waals surface area contributed by atoms with Gasteiger partial charge in [-0.3, -0.25) is 14.9 Å². The quantitative estimate of drug-likeness (QED) is 0.664. The molecule has 0 fully saturated rings. The number of non-ortho nitro benzene ring substituents is 1. The zero-order valence-corrected chi connectivity index (χ0v) is 13.2. The summed E-state index contributed by atoms with van der Waals surface area (Å²) in [5.41, 5.74) is 4.01. The van der Waals surface area contributed by atoms with Crippen molar-refractivity contribution >= 4 is 17.3 Å². The van der Waals surface area contributed by atoms with Gasteiger partial charge >= 0.3 is 0 Å². The molecular weight excluding hydrogens is 326 g/mol. The van der Waals surface area contributed by atoms with Crippen LogP contribution in [-0.2, 0) is 4.79 Å². The van der Waals surface area contributed by atoms with E-state index in [0.29, 0.717) is 18.8 Å². The van der Waals surface area contributed by atoms with Crippen molar-refractivity contribution in [1.82, 2.24) is 5.43 Å². The third-order valence-corrected chi connectivity index (χ3v) is 3.53. The van der Waals surface area contributed by atoms with Gasteiger partial charge in [0.25, 0.3) is 11.6 Å². The van der Waals surface area contributed by atoms with Crippen molar-refractivity contribution in [3.8, 4) is 11.5 Å². The van der Waals surface area contributed by atoms with Gasteiger partial charge in [0.2, 0.25) is 0 Å². The summed E-state index contributed by atoms with van der Waals surface area (Å²) in [6.45, 7) is 0.262. The molecule has 0 aromatic heterocycles. The van der Waals surface area contributed by atoms with Crippen LogP contribution < -0.4 is 14.9 Å². The van der Waals surface area contributed by atoms with E-state index in [9.17, 15) is 14.9 Å². The molecule has 0 bridgehead atoms. The van der Waals surface area contributed by atoms with E-state index in [1.165, 1.54) is 24.3 Å². The lowest BCUT2D eigenvalue weighted by atomic mass is 10.0. The topological polar surface area (TPSA) is 103 Å². The van der Waals surface area contributed by atoms with Crippen LogP contribution in [0.3, 0.4) is 0 Å². The second-order valence-electron chi connectivity index (χ2n) is 5.23. The summed E-state index contributed by atoms with van der Waals surface area (Å²) in [5, 5.41) is 14.7. The molecule has 2 aromatic rings. The third-order valence-electron chi connectivity index (χ3n) is 3.53. The second-order valence-corrected chi connectivity index (χ2v) is 5.23. The van der Waals surface area contributed by atoms with Gasteiger partial charge in [-0.2, -0.15) is 5.10 Å². The molecule has 2 aromatic carbocycles. The summed E-state index contributed by atoms with van der Waals surface area (Å²) >= 11 is 0. The standard InChI is InChI=1S/C17H15N3O5/c21-17(11-25-13-7-5-12(6-8-13)20(22)23)19-18-15-9-10-24-16-4-2-1-3-14(15)16/h1-8H,9-11H2,(H,19,21)/b18-15+. The minimum atomic E-state index is -0.502. The average molecular weight is 341 g/mol.